The van der Waals surface area contributed by atoms with Gasteiger partial charge < -0.3 is 30.2 Å². The summed E-state index contributed by atoms with van der Waals surface area (Å²) in [5.41, 5.74) is 2.21. The summed E-state index contributed by atoms with van der Waals surface area (Å²) in [6.45, 7) is 3.39. The third kappa shape index (κ3) is 6.49. The number of anilines is 1. The lowest BCUT2D eigenvalue weighted by atomic mass is 9.94. The van der Waals surface area contributed by atoms with Gasteiger partial charge in [-0.15, -0.1) is 0 Å². The Kier molecular flexibility index (Phi) is 8.67. The number of hydrogen-bond donors (Lipinski definition) is 3. The topological polar surface area (TPSA) is 115 Å². The van der Waals surface area contributed by atoms with Gasteiger partial charge in [0.1, 0.15) is 5.75 Å². The first kappa shape index (κ1) is 26.0. The van der Waals surface area contributed by atoms with Crippen molar-refractivity contribution in [2.24, 2.45) is 0 Å². The fraction of sp³-hybridized carbons (Fsp3) is 0.250. The Balaban J connectivity index is 1.91. The zero-order valence-corrected chi connectivity index (χ0v) is 20.8. The molecule has 0 radical (unpaired) electrons. The van der Waals surface area contributed by atoms with Gasteiger partial charge in [-0.25, -0.2) is 9.59 Å². The molecule has 9 nitrogen and oxygen atoms in total. The van der Waals surface area contributed by atoms with E-state index in [1.165, 1.54) is 7.11 Å². The van der Waals surface area contributed by atoms with E-state index in [2.05, 4.69) is 20.7 Å². The lowest BCUT2D eigenvalue weighted by molar-refractivity contribution is -0.142. The SMILES string of the molecule is CCOC(=O)c1ccc(NC(=O)C2=C(C)NC(=S)N[C@@H]2c2cc(Cl)ccc2OCC(=O)OC)cc1. The molecule has 1 aliphatic rings. The minimum absolute atomic E-state index is 0.267. The maximum atomic E-state index is 13.4. The van der Waals surface area contributed by atoms with Gasteiger partial charge >= 0.3 is 11.9 Å². The van der Waals surface area contributed by atoms with Crippen molar-refractivity contribution in [3.8, 4) is 5.75 Å². The Morgan fingerprint density at radius 1 is 1.14 bits per heavy atom. The predicted octanol–water partition coefficient (Wildman–Crippen LogP) is 3.50. The van der Waals surface area contributed by atoms with Gasteiger partial charge in [0.05, 0.1) is 30.9 Å². The molecule has 184 valence electrons. The number of methoxy groups -OCH3 is 1. The van der Waals surface area contributed by atoms with Gasteiger partial charge in [0.25, 0.3) is 5.91 Å². The summed E-state index contributed by atoms with van der Waals surface area (Å²) in [6.07, 6.45) is 0. The highest BCUT2D eigenvalue weighted by Gasteiger charge is 2.32. The van der Waals surface area contributed by atoms with E-state index < -0.39 is 23.9 Å². The van der Waals surface area contributed by atoms with Gasteiger partial charge in [-0.1, -0.05) is 11.6 Å². The van der Waals surface area contributed by atoms with Crippen LogP contribution >= 0.6 is 23.8 Å². The molecule has 0 fully saturated rings. The van der Waals surface area contributed by atoms with E-state index in [-0.39, 0.29) is 13.2 Å². The highest BCUT2D eigenvalue weighted by Crippen LogP contribution is 2.35. The number of amides is 1. The number of ether oxygens (including phenoxy) is 3. The Morgan fingerprint density at radius 2 is 1.86 bits per heavy atom. The van der Waals surface area contributed by atoms with E-state index in [1.807, 2.05) is 0 Å². The van der Waals surface area contributed by atoms with Crippen LogP contribution in [0.3, 0.4) is 0 Å². The van der Waals surface area contributed by atoms with Gasteiger partial charge in [0, 0.05) is 22.0 Å². The monoisotopic (exact) mass is 517 g/mol. The first-order valence-electron chi connectivity index (χ1n) is 10.6. The number of rotatable bonds is 8. The average Bonchev–Trinajstić information content (AvgIpc) is 2.83. The molecule has 0 saturated heterocycles. The molecule has 0 spiro atoms. The van der Waals surface area contributed by atoms with Gasteiger partial charge in [-0.3, -0.25) is 4.79 Å². The number of esters is 2. The lowest BCUT2D eigenvalue weighted by Gasteiger charge is -2.31. The Labute approximate surface area is 212 Å². The largest absolute Gasteiger partial charge is 0.482 e. The van der Waals surface area contributed by atoms with Crippen molar-refractivity contribution < 1.29 is 28.6 Å². The van der Waals surface area contributed by atoms with Gasteiger partial charge in [0.15, 0.2) is 11.7 Å². The quantitative estimate of drug-likeness (QED) is 0.357. The molecule has 2 aromatic rings. The molecule has 0 unspecified atom stereocenters. The molecule has 0 bridgehead atoms. The van der Waals surface area contributed by atoms with Crippen molar-refractivity contribution in [2.45, 2.75) is 19.9 Å². The molecule has 0 aromatic heterocycles. The molecule has 1 aliphatic heterocycles. The number of benzene rings is 2. The van der Waals surface area contributed by atoms with Crippen molar-refractivity contribution in [3.63, 3.8) is 0 Å². The van der Waals surface area contributed by atoms with Gasteiger partial charge in [-0.05, 0) is 68.5 Å². The number of halogens is 1. The second-order valence-corrected chi connectivity index (χ2v) is 8.21. The van der Waals surface area contributed by atoms with Crippen LogP contribution < -0.4 is 20.7 Å². The number of thiocarbonyl (C=S) groups is 1. The Bertz CT molecular complexity index is 1180. The highest BCUT2D eigenvalue weighted by atomic mass is 35.5. The van der Waals surface area contributed by atoms with Crippen LogP contribution in [-0.2, 0) is 19.1 Å². The first-order valence-corrected chi connectivity index (χ1v) is 11.4. The minimum atomic E-state index is -0.728. The minimum Gasteiger partial charge on any atom is -0.482 e. The maximum absolute atomic E-state index is 13.4. The number of nitrogens with one attached hydrogen (secondary N) is 3. The van der Waals surface area contributed by atoms with Crippen LogP contribution in [0.2, 0.25) is 5.02 Å². The molecular weight excluding hydrogens is 494 g/mol. The summed E-state index contributed by atoms with van der Waals surface area (Å²) in [7, 11) is 1.26. The zero-order valence-electron chi connectivity index (χ0n) is 19.3. The molecule has 11 heteroatoms. The van der Waals surface area contributed by atoms with Crippen molar-refractivity contribution in [1.29, 1.82) is 0 Å². The highest BCUT2D eigenvalue weighted by molar-refractivity contribution is 7.80. The molecule has 1 amide bonds. The molecule has 35 heavy (non-hydrogen) atoms. The van der Waals surface area contributed by atoms with Crippen LogP contribution in [-0.4, -0.2) is 43.3 Å². The third-order valence-corrected chi connectivity index (χ3v) is 5.48. The molecule has 1 heterocycles. The van der Waals surface area contributed by atoms with Crippen molar-refractivity contribution in [2.75, 3.05) is 25.6 Å². The van der Waals surface area contributed by atoms with E-state index in [0.29, 0.717) is 44.0 Å². The average molecular weight is 518 g/mol. The number of allylic oxidation sites excluding steroid dienone is 1. The van der Waals surface area contributed by atoms with Crippen molar-refractivity contribution in [1.82, 2.24) is 10.6 Å². The summed E-state index contributed by atoms with van der Waals surface area (Å²) in [5.74, 6) is -1.09. The Morgan fingerprint density at radius 3 is 2.51 bits per heavy atom. The standard InChI is InChI=1S/C24H24ClN3O6S/c1-4-33-23(31)14-5-8-16(9-6-14)27-22(30)20-13(2)26-24(35)28-21(20)17-11-15(25)7-10-18(17)34-12-19(29)32-3/h5-11,21H,4,12H2,1-3H3,(H,27,30)(H2,26,28,35)/t21-/m1/s1. The maximum Gasteiger partial charge on any atom is 0.343 e. The van der Waals surface area contributed by atoms with Crippen LogP contribution in [0.25, 0.3) is 0 Å². The normalized spacial score (nSPS) is 15.0. The molecule has 2 aromatic carbocycles. The number of carbonyl (C=O) groups is 3. The van der Waals surface area contributed by atoms with Crippen LogP contribution in [0.1, 0.15) is 35.8 Å². The molecule has 1 atom stereocenters. The summed E-state index contributed by atoms with van der Waals surface area (Å²) < 4.78 is 15.3. The van der Waals surface area contributed by atoms with E-state index in [0.717, 1.165) is 0 Å². The van der Waals surface area contributed by atoms with E-state index in [1.54, 1.807) is 56.3 Å². The van der Waals surface area contributed by atoms with Crippen molar-refractivity contribution >= 4 is 52.5 Å². The first-order chi connectivity index (χ1) is 16.7. The molecule has 0 saturated carbocycles. The van der Waals surface area contributed by atoms with E-state index in [4.69, 9.17) is 33.3 Å². The number of hydrogen-bond acceptors (Lipinski definition) is 7. The van der Waals surface area contributed by atoms with Crippen LogP contribution in [0.4, 0.5) is 5.69 Å². The van der Waals surface area contributed by atoms with Gasteiger partial charge in [0.2, 0.25) is 0 Å². The summed E-state index contributed by atoms with van der Waals surface area (Å²) in [6, 6.07) is 10.5. The molecule has 3 rings (SSSR count). The van der Waals surface area contributed by atoms with Crippen molar-refractivity contribution in [3.05, 3.63) is 69.9 Å². The van der Waals surface area contributed by atoms with Crippen LogP contribution in [0.15, 0.2) is 53.7 Å². The fourth-order valence-corrected chi connectivity index (χ4v) is 3.85. The molecular formula is C24H24ClN3O6S. The zero-order chi connectivity index (χ0) is 25.5. The predicted molar refractivity (Wildman–Crippen MR) is 134 cm³/mol. The second kappa shape index (κ2) is 11.7. The van der Waals surface area contributed by atoms with Crippen LogP contribution in [0, 0.1) is 0 Å². The summed E-state index contributed by atoms with van der Waals surface area (Å²) in [5, 5.41) is 9.57. The third-order valence-electron chi connectivity index (χ3n) is 5.02. The van der Waals surface area contributed by atoms with Crippen LogP contribution in [0.5, 0.6) is 5.75 Å². The molecule has 0 aliphatic carbocycles. The second-order valence-electron chi connectivity index (χ2n) is 7.37. The summed E-state index contributed by atoms with van der Waals surface area (Å²) in [4.78, 5) is 36.8. The van der Waals surface area contributed by atoms with E-state index in [9.17, 15) is 14.4 Å². The van der Waals surface area contributed by atoms with Gasteiger partial charge in [-0.2, -0.15) is 0 Å². The Hall–Kier alpha value is -3.63. The number of carbonyl (C=O) groups excluding carboxylic acids is 3. The van der Waals surface area contributed by atoms with E-state index >= 15 is 0 Å². The summed E-state index contributed by atoms with van der Waals surface area (Å²) >= 11 is 11.6. The lowest BCUT2D eigenvalue weighted by Crippen LogP contribution is -2.45. The molecule has 3 N–H and O–H groups in total. The fourth-order valence-electron chi connectivity index (χ4n) is 3.40. The smallest absolute Gasteiger partial charge is 0.343 e.